The van der Waals surface area contributed by atoms with Crippen LogP contribution >= 0.6 is 11.6 Å². The second-order valence-corrected chi connectivity index (χ2v) is 12.0. The average molecular weight is 548 g/mol. The van der Waals surface area contributed by atoms with Gasteiger partial charge in [-0.3, -0.25) is 9.59 Å². The Morgan fingerprint density at radius 1 is 0.861 bits per heavy atom. The number of nitrogens with zero attached hydrogens (tertiary/aromatic N) is 2. The highest BCUT2D eigenvalue weighted by Crippen LogP contribution is 2.30. The van der Waals surface area contributed by atoms with Crippen molar-refractivity contribution >= 4 is 49.1 Å². The Balaban J connectivity index is 1.66. The van der Waals surface area contributed by atoms with Gasteiger partial charge in [-0.25, -0.2) is 26.9 Å². The van der Waals surface area contributed by atoms with Crippen LogP contribution < -0.4 is 10.0 Å². The largest absolute Gasteiger partial charge is 0.274 e. The predicted octanol–water partition coefficient (Wildman–Crippen LogP) is 2.55. The summed E-state index contributed by atoms with van der Waals surface area (Å²) in [6.07, 6.45) is -0.159. The van der Waals surface area contributed by atoms with Crippen LogP contribution in [0.4, 0.5) is 5.69 Å². The number of hydrogen-bond acceptors (Lipinski definition) is 6. The second kappa shape index (κ2) is 10.1. The highest BCUT2D eigenvalue weighted by atomic mass is 35.5. The monoisotopic (exact) mass is 547 g/mol. The van der Waals surface area contributed by atoms with Crippen LogP contribution in [0.5, 0.6) is 0 Å². The molecule has 1 heterocycles. The number of benzene rings is 3. The highest BCUT2D eigenvalue weighted by Gasteiger charge is 2.46. The molecular formula is C24H22ClN3O6S2. The van der Waals surface area contributed by atoms with E-state index in [1.165, 1.54) is 60.7 Å². The van der Waals surface area contributed by atoms with Gasteiger partial charge < -0.3 is 0 Å². The first-order chi connectivity index (χ1) is 17.0. The molecule has 3 aromatic carbocycles. The van der Waals surface area contributed by atoms with E-state index in [1.807, 2.05) is 0 Å². The Morgan fingerprint density at radius 2 is 1.47 bits per heavy atom. The average Bonchev–Trinajstić information content (AvgIpc) is 3.13. The Morgan fingerprint density at radius 3 is 2.06 bits per heavy atom. The number of rotatable bonds is 8. The lowest BCUT2D eigenvalue weighted by atomic mass is 10.1. The van der Waals surface area contributed by atoms with Crippen molar-refractivity contribution in [2.24, 2.45) is 5.14 Å². The van der Waals surface area contributed by atoms with Crippen molar-refractivity contribution in [1.29, 1.82) is 0 Å². The van der Waals surface area contributed by atoms with Gasteiger partial charge in [0, 0.05) is 11.6 Å². The zero-order valence-corrected chi connectivity index (χ0v) is 21.2. The van der Waals surface area contributed by atoms with Gasteiger partial charge in [-0.1, -0.05) is 41.9 Å². The van der Waals surface area contributed by atoms with Crippen LogP contribution in [0.25, 0.3) is 0 Å². The van der Waals surface area contributed by atoms with Crippen molar-refractivity contribution in [2.75, 3.05) is 11.4 Å². The molecule has 1 unspecified atom stereocenters. The van der Waals surface area contributed by atoms with E-state index < -0.39 is 37.9 Å². The first-order valence-electron chi connectivity index (χ1n) is 10.8. The molecule has 0 saturated carbocycles. The maximum atomic E-state index is 13.6. The summed E-state index contributed by atoms with van der Waals surface area (Å²) >= 11 is 5.92. The summed E-state index contributed by atoms with van der Waals surface area (Å²) in [5, 5.41) is 5.56. The number of carbonyl (C=O) groups is 2. The van der Waals surface area contributed by atoms with Crippen molar-refractivity contribution < 1.29 is 26.4 Å². The van der Waals surface area contributed by atoms with Crippen LogP contribution in [0.2, 0.25) is 5.02 Å². The zero-order valence-electron chi connectivity index (χ0n) is 18.8. The highest BCUT2D eigenvalue weighted by molar-refractivity contribution is 7.89. The van der Waals surface area contributed by atoms with E-state index in [1.54, 1.807) is 18.2 Å². The molecule has 188 valence electrons. The van der Waals surface area contributed by atoms with Gasteiger partial charge in [-0.2, -0.15) is 4.31 Å². The molecule has 0 spiro atoms. The third-order valence-electron chi connectivity index (χ3n) is 5.78. The number of halogens is 1. The van der Waals surface area contributed by atoms with Crippen molar-refractivity contribution in [3.05, 3.63) is 89.4 Å². The van der Waals surface area contributed by atoms with E-state index in [-0.39, 0.29) is 29.2 Å². The number of nitrogens with two attached hydrogens (primary N) is 1. The van der Waals surface area contributed by atoms with E-state index in [2.05, 4.69) is 0 Å². The predicted molar refractivity (Wildman–Crippen MR) is 134 cm³/mol. The van der Waals surface area contributed by atoms with Crippen LogP contribution in [0.1, 0.15) is 12.0 Å². The number of sulfonamides is 2. The van der Waals surface area contributed by atoms with Crippen LogP contribution in [0.3, 0.4) is 0 Å². The van der Waals surface area contributed by atoms with Crippen LogP contribution in [-0.2, 0) is 36.1 Å². The quantitative estimate of drug-likeness (QED) is 0.431. The third-order valence-corrected chi connectivity index (χ3v) is 8.88. The van der Waals surface area contributed by atoms with Crippen LogP contribution in [0, 0.1) is 0 Å². The molecule has 0 aromatic heterocycles. The van der Waals surface area contributed by atoms with E-state index >= 15 is 0 Å². The minimum atomic E-state index is -4.16. The summed E-state index contributed by atoms with van der Waals surface area (Å²) in [4.78, 5) is 27.1. The Bertz CT molecular complexity index is 1490. The van der Waals surface area contributed by atoms with Gasteiger partial charge in [0.15, 0.2) is 0 Å². The minimum Gasteiger partial charge on any atom is -0.274 e. The molecule has 2 amide bonds. The van der Waals surface area contributed by atoms with Crippen molar-refractivity contribution in [3.8, 4) is 0 Å². The summed E-state index contributed by atoms with van der Waals surface area (Å²) in [5.41, 5.74) is 0.925. The molecule has 12 heteroatoms. The van der Waals surface area contributed by atoms with E-state index in [0.29, 0.717) is 16.3 Å². The van der Waals surface area contributed by atoms with E-state index in [9.17, 15) is 26.4 Å². The number of amides is 2. The Labute approximate surface area is 214 Å². The molecule has 1 fully saturated rings. The fourth-order valence-electron chi connectivity index (χ4n) is 3.96. The number of carbonyl (C=O) groups excluding carboxylic acids is 2. The summed E-state index contributed by atoms with van der Waals surface area (Å²) in [7, 11) is -8.03. The maximum absolute atomic E-state index is 13.6. The normalized spacial score (nSPS) is 16.6. The Kier molecular flexibility index (Phi) is 7.30. The first kappa shape index (κ1) is 26.0. The van der Waals surface area contributed by atoms with Gasteiger partial charge in [0.1, 0.15) is 6.04 Å². The molecular weight excluding hydrogens is 526 g/mol. The summed E-state index contributed by atoms with van der Waals surface area (Å²) < 4.78 is 51.3. The number of primary sulfonamides is 1. The summed E-state index contributed by atoms with van der Waals surface area (Å²) in [6.45, 7) is -0.121. The number of hydrogen-bond donors (Lipinski definition) is 1. The van der Waals surface area contributed by atoms with Crippen molar-refractivity contribution in [1.82, 2.24) is 4.31 Å². The third kappa shape index (κ3) is 5.35. The second-order valence-electron chi connectivity index (χ2n) is 8.13. The molecule has 0 bridgehead atoms. The summed E-state index contributed by atoms with van der Waals surface area (Å²) in [5.74, 6) is -1.19. The molecule has 4 rings (SSSR count). The zero-order chi connectivity index (χ0) is 26.1. The standard InChI is InChI=1S/C24H22ClN3O6S2/c25-18-8-10-19(11-9-18)28-23(29)16-22(24(28)30)27(36(33,34)21-4-2-1-3-5-21)15-14-17-6-12-20(13-7-17)35(26,31)32/h1-13,22H,14-16H2,(H2,26,31,32). The van der Waals surface area contributed by atoms with Gasteiger partial charge in [0.05, 0.1) is 21.9 Å². The molecule has 3 aromatic rings. The van der Waals surface area contributed by atoms with Gasteiger partial charge >= 0.3 is 0 Å². The topological polar surface area (TPSA) is 135 Å². The van der Waals surface area contributed by atoms with Gasteiger partial charge in [0.2, 0.25) is 26.0 Å². The lowest BCUT2D eigenvalue weighted by Crippen LogP contribution is -2.46. The van der Waals surface area contributed by atoms with Gasteiger partial charge in [-0.15, -0.1) is 0 Å². The fraction of sp³-hybridized carbons (Fsp3) is 0.167. The fourth-order valence-corrected chi connectivity index (χ4v) is 6.20. The molecule has 0 radical (unpaired) electrons. The molecule has 36 heavy (non-hydrogen) atoms. The van der Waals surface area contributed by atoms with E-state index in [4.69, 9.17) is 16.7 Å². The molecule has 1 saturated heterocycles. The molecule has 1 aliphatic rings. The van der Waals surface area contributed by atoms with Crippen molar-refractivity contribution in [2.45, 2.75) is 28.7 Å². The van der Waals surface area contributed by atoms with Crippen molar-refractivity contribution in [3.63, 3.8) is 0 Å². The molecule has 9 nitrogen and oxygen atoms in total. The first-order valence-corrected chi connectivity index (χ1v) is 14.2. The SMILES string of the molecule is NS(=O)(=O)c1ccc(CCN(C2CC(=O)N(c3ccc(Cl)cc3)C2=O)S(=O)(=O)c2ccccc2)cc1. The maximum Gasteiger partial charge on any atom is 0.252 e. The number of imide groups is 1. The molecule has 2 N–H and O–H groups in total. The van der Waals surface area contributed by atoms with Crippen LogP contribution in [0.15, 0.2) is 88.7 Å². The van der Waals surface area contributed by atoms with Crippen LogP contribution in [-0.4, -0.2) is 45.5 Å². The smallest absolute Gasteiger partial charge is 0.252 e. The number of anilines is 1. The molecule has 1 aliphatic heterocycles. The van der Waals surface area contributed by atoms with E-state index in [0.717, 1.165) is 9.21 Å². The lowest BCUT2D eigenvalue weighted by Gasteiger charge is -2.27. The Hall–Kier alpha value is -3.09. The minimum absolute atomic E-state index is 0.0141. The molecule has 0 aliphatic carbocycles. The lowest BCUT2D eigenvalue weighted by molar-refractivity contribution is -0.122. The van der Waals surface area contributed by atoms with Gasteiger partial charge in [-0.05, 0) is 60.5 Å². The molecule has 1 atom stereocenters. The van der Waals surface area contributed by atoms with Gasteiger partial charge in [0.25, 0.3) is 5.91 Å². The summed E-state index contributed by atoms with van der Waals surface area (Å²) in [6, 6.07) is 18.2.